The van der Waals surface area contributed by atoms with Crippen molar-refractivity contribution in [3.05, 3.63) is 47.7 Å². The Morgan fingerprint density at radius 2 is 2.06 bits per heavy atom. The number of aromatic nitrogens is 1. The van der Waals surface area contributed by atoms with E-state index >= 15 is 0 Å². The number of nitrogens with zero attached hydrogens (tertiary/aromatic N) is 1. The Labute approximate surface area is 104 Å². The minimum absolute atomic E-state index is 0.125. The van der Waals surface area contributed by atoms with Crippen LogP contribution in [-0.4, -0.2) is 23.2 Å². The maximum Gasteiger partial charge on any atom is 0.373 e. The maximum atomic E-state index is 10.6. The summed E-state index contributed by atoms with van der Waals surface area (Å²) in [7, 11) is 1.62. The maximum absolute atomic E-state index is 10.6. The van der Waals surface area contributed by atoms with Crippen LogP contribution in [0.15, 0.2) is 34.9 Å². The van der Waals surface area contributed by atoms with Gasteiger partial charge in [-0.15, -0.1) is 0 Å². The predicted octanol–water partition coefficient (Wildman–Crippen LogP) is 2.17. The molecule has 1 aromatic carbocycles. The van der Waals surface area contributed by atoms with E-state index in [2.05, 4.69) is 4.98 Å². The van der Waals surface area contributed by atoms with Crippen molar-refractivity contribution in [1.82, 2.24) is 4.98 Å². The molecule has 0 atom stereocenters. The number of aromatic carboxylic acids is 1. The Kier molecular flexibility index (Phi) is 3.62. The quantitative estimate of drug-likeness (QED) is 0.876. The second-order valence-corrected chi connectivity index (χ2v) is 3.77. The van der Waals surface area contributed by atoms with E-state index in [1.54, 1.807) is 7.11 Å². The van der Waals surface area contributed by atoms with Gasteiger partial charge in [-0.05, 0) is 24.1 Å². The van der Waals surface area contributed by atoms with Crippen LogP contribution in [0.5, 0.6) is 5.75 Å². The fraction of sp³-hybridized carbons (Fsp3) is 0.231. The molecule has 5 heteroatoms. The first-order valence-electron chi connectivity index (χ1n) is 5.50. The van der Waals surface area contributed by atoms with Gasteiger partial charge in [0.2, 0.25) is 5.76 Å². The molecule has 2 aromatic rings. The molecule has 0 fully saturated rings. The topological polar surface area (TPSA) is 72.6 Å². The zero-order valence-electron chi connectivity index (χ0n) is 9.92. The molecule has 0 saturated heterocycles. The summed E-state index contributed by atoms with van der Waals surface area (Å²) >= 11 is 0. The standard InChI is InChI=1S/C13H13NO4/c1-17-10-5-2-9(3-6-10)4-7-12-14-8-11(18-12)13(15)16/h2-3,5-6,8H,4,7H2,1H3,(H,15,16). The minimum atomic E-state index is -1.10. The third-order valence-electron chi connectivity index (χ3n) is 2.55. The second kappa shape index (κ2) is 5.35. The highest BCUT2D eigenvalue weighted by Crippen LogP contribution is 2.13. The van der Waals surface area contributed by atoms with E-state index in [0.29, 0.717) is 12.3 Å². The van der Waals surface area contributed by atoms with E-state index in [-0.39, 0.29) is 5.76 Å². The smallest absolute Gasteiger partial charge is 0.373 e. The van der Waals surface area contributed by atoms with Crippen LogP contribution in [0.2, 0.25) is 0 Å². The van der Waals surface area contributed by atoms with Crippen molar-refractivity contribution in [1.29, 1.82) is 0 Å². The van der Waals surface area contributed by atoms with Gasteiger partial charge in [-0.25, -0.2) is 9.78 Å². The molecule has 0 unspecified atom stereocenters. The van der Waals surface area contributed by atoms with Gasteiger partial charge in [0.25, 0.3) is 0 Å². The van der Waals surface area contributed by atoms with Crippen molar-refractivity contribution >= 4 is 5.97 Å². The Morgan fingerprint density at radius 1 is 1.33 bits per heavy atom. The van der Waals surface area contributed by atoms with Crippen molar-refractivity contribution in [2.75, 3.05) is 7.11 Å². The number of benzene rings is 1. The molecule has 1 N–H and O–H groups in total. The highest BCUT2D eigenvalue weighted by Gasteiger charge is 2.10. The summed E-state index contributed by atoms with van der Waals surface area (Å²) < 4.78 is 10.1. The lowest BCUT2D eigenvalue weighted by atomic mass is 10.1. The predicted molar refractivity (Wildman–Crippen MR) is 63.9 cm³/mol. The third-order valence-corrected chi connectivity index (χ3v) is 2.55. The molecule has 0 aliphatic heterocycles. The van der Waals surface area contributed by atoms with E-state index in [1.165, 1.54) is 6.20 Å². The summed E-state index contributed by atoms with van der Waals surface area (Å²) in [5, 5.41) is 8.69. The number of oxazole rings is 1. The number of carboxylic acids is 1. The first kappa shape index (κ1) is 12.2. The molecule has 1 aromatic heterocycles. The van der Waals surface area contributed by atoms with Gasteiger partial charge in [0.05, 0.1) is 13.3 Å². The normalized spacial score (nSPS) is 10.3. The number of ether oxygens (including phenoxy) is 1. The molecular weight excluding hydrogens is 234 g/mol. The van der Waals surface area contributed by atoms with E-state index < -0.39 is 5.97 Å². The molecule has 0 spiro atoms. The van der Waals surface area contributed by atoms with Crippen LogP contribution in [0.3, 0.4) is 0 Å². The first-order valence-corrected chi connectivity index (χ1v) is 5.50. The Morgan fingerprint density at radius 3 is 2.61 bits per heavy atom. The lowest BCUT2D eigenvalue weighted by Crippen LogP contribution is -1.93. The van der Waals surface area contributed by atoms with Gasteiger partial charge in [0, 0.05) is 6.42 Å². The zero-order valence-corrected chi connectivity index (χ0v) is 9.92. The molecule has 0 saturated carbocycles. The largest absolute Gasteiger partial charge is 0.497 e. The molecule has 2 rings (SSSR count). The van der Waals surface area contributed by atoms with Gasteiger partial charge in [-0.1, -0.05) is 12.1 Å². The summed E-state index contributed by atoms with van der Waals surface area (Å²) in [6.45, 7) is 0. The molecule has 1 heterocycles. The van der Waals surface area contributed by atoms with Gasteiger partial charge in [-0.3, -0.25) is 0 Å². The van der Waals surface area contributed by atoms with Crippen LogP contribution in [-0.2, 0) is 12.8 Å². The summed E-state index contributed by atoms with van der Waals surface area (Å²) in [4.78, 5) is 14.5. The number of aryl methyl sites for hydroxylation is 2. The number of carboxylic acid groups (broad SMARTS) is 1. The Hall–Kier alpha value is -2.30. The highest BCUT2D eigenvalue weighted by molar-refractivity contribution is 5.83. The molecule has 18 heavy (non-hydrogen) atoms. The molecule has 0 aliphatic carbocycles. The highest BCUT2D eigenvalue weighted by atomic mass is 16.5. The van der Waals surface area contributed by atoms with E-state index in [4.69, 9.17) is 14.3 Å². The summed E-state index contributed by atoms with van der Waals surface area (Å²) in [6, 6.07) is 7.68. The van der Waals surface area contributed by atoms with Crippen LogP contribution in [0.25, 0.3) is 0 Å². The van der Waals surface area contributed by atoms with Crippen molar-refractivity contribution in [3.63, 3.8) is 0 Å². The van der Waals surface area contributed by atoms with Gasteiger partial charge in [0.15, 0.2) is 5.89 Å². The van der Waals surface area contributed by atoms with Crippen LogP contribution >= 0.6 is 0 Å². The van der Waals surface area contributed by atoms with Gasteiger partial charge in [-0.2, -0.15) is 0 Å². The summed E-state index contributed by atoms with van der Waals surface area (Å²) in [6.07, 6.45) is 2.54. The van der Waals surface area contributed by atoms with Crippen LogP contribution < -0.4 is 4.74 Å². The van der Waals surface area contributed by atoms with E-state index in [0.717, 1.165) is 17.7 Å². The molecule has 0 aliphatic rings. The molecule has 0 radical (unpaired) electrons. The third kappa shape index (κ3) is 2.88. The van der Waals surface area contributed by atoms with Crippen LogP contribution in [0.4, 0.5) is 0 Å². The number of carbonyl (C=O) groups is 1. The van der Waals surface area contributed by atoms with Crippen LogP contribution in [0, 0.1) is 0 Å². The van der Waals surface area contributed by atoms with Crippen molar-refractivity contribution < 1.29 is 19.1 Å². The molecular formula is C13H13NO4. The monoisotopic (exact) mass is 247 g/mol. The molecule has 94 valence electrons. The van der Waals surface area contributed by atoms with Gasteiger partial charge < -0.3 is 14.3 Å². The number of hydrogen-bond donors (Lipinski definition) is 1. The summed E-state index contributed by atoms with van der Waals surface area (Å²) in [5.74, 6) is 0.0178. The van der Waals surface area contributed by atoms with E-state index in [1.807, 2.05) is 24.3 Å². The second-order valence-electron chi connectivity index (χ2n) is 3.77. The fourth-order valence-electron chi connectivity index (χ4n) is 1.57. The minimum Gasteiger partial charge on any atom is -0.497 e. The molecule has 5 nitrogen and oxygen atoms in total. The molecule has 0 amide bonds. The van der Waals surface area contributed by atoms with E-state index in [9.17, 15) is 4.79 Å². The average molecular weight is 247 g/mol. The number of rotatable bonds is 5. The lowest BCUT2D eigenvalue weighted by Gasteiger charge is -2.01. The van der Waals surface area contributed by atoms with Crippen LogP contribution in [0.1, 0.15) is 22.0 Å². The van der Waals surface area contributed by atoms with Crippen molar-refractivity contribution in [2.45, 2.75) is 12.8 Å². The van der Waals surface area contributed by atoms with Crippen molar-refractivity contribution in [3.8, 4) is 5.75 Å². The number of methoxy groups -OCH3 is 1. The Balaban J connectivity index is 1.95. The molecule has 0 bridgehead atoms. The SMILES string of the molecule is COc1ccc(CCc2ncc(C(=O)O)o2)cc1. The van der Waals surface area contributed by atoms with Gasteiger partial charge >= 0.3 is 5.97 Å². The zero-order chi connectivity index (χ0) is 13.0. The van der Waals surface area contributed by atoms with Crippen molar-refractivity contribution in [2.24, 2.45) is 0 Å². The van der Waals surface area contributed by atoms with Gasteiger partial charge in [0.1, 0.15) is 5.75 Å². The Bertz CT molecular complexity index is 530. The lowest BCUT2D eigenvalue weighted by molar-refractivity contribution is 0.0660. The fourth-order valence-corrected chi connectivity index (χ4v) is 1.57. The first-order chi connectivity index (χ1) is 8.69. The number of hydrogen-bond acceptors (Lipinski definition) is 4. The summed E-state index contributed by atoms with van der Waals surface area (Å²) in [5.41, 5.74) is 1.12. The average Bonchev–Trinajstić information content (AvgIpc) is 2.86.